The second-order valence-corrected chi connectivity index (χ2v) is 4.54. The van der Waals surface area contributed by atoms with Crippen LogP contribution in [0.2, 0.25) is 0 Å². The normalized spacial score (nSPS) is 10.8. The molecule has 0 aliphatic carbocycles. The predicted molar refractivity (Wildman–Crippen MR) is 72.1 cm³/mol. The summed E-state index contributed by atoms with van der Waals surface area (Å²) in [6.07, 6.45) is 4.20. The van der Waals surface area contributed by atoms with E-state index in [2.05, 4.69) is 35.3 Å². The Morgan fingerprint density at radius 2 is 2.11 bits per heavy atom. The molecular weight excluding hydrogens is 227 g/mol. The minimum absolute atomic E-state index is 0.170. The highest BCUT2D eigenvalue weighted by molar-refractivity contribution is 5.27. The van der Waals surface area contributed by atoms with Crippen molar-refractivity contribution in [2.24, 2.45) is 0 Å². The van der Waals surface area contributed by atoms with E-state index in [-0.39, 0.29) is 5.82 Å². The number of nitrogens with one attached hydrogen (secondary N) is 1. The quantitative estimate of drug-likeness (QED) is 0.858. The van der Waals surface area contributed by atoms with Crippen molar-refractivity contribution in [2.45, 2.75) is 26.9 Å². The summed E-state index contributed by atoms with van der Waals surface area (Å²) in [5.41, 5.74) is 3.43. The molecule has 0 atom stereocenters. The van der Waals surface area contributed by atoms with Crippen LogP contribution >= 0.6 is 0 Å². The van der Waals surface area contributed by atoms with Gasteiger partial charge in [0.25, 0.3) is 0 Å². The first-order valence-electron chi connectivity index (χ1n) is 6.29. The molecule has 96 valence electrons. The van der Waals surface area contributed by atoms with E-state index in [9.17, 15) is 4.39 Å². The Morgan fingerprint density at radius 3 is 2.83 bits per heavy atom. The third-order valence-corrected chi connectivity index (χ3v) is 3.05. The zero-order valence-electron chi connectivity index (χ0n) is 10.9. The molecule has 1 aromatic heterocycles. The van der Waals surface area contributed by atoms with Crippen molar-refractivity contribution < 1.29 is 4.39 Å². The van der Waals surface area contributed by atoms with E-state index >= 15 is 0 Å². The molecule has 0 saturated carbocycles. The molecule has 1 N–H and O–H groups in total. The molecule has 0 radical (unpaired) electrons. The summed E-state index contributed by atoms with van der Waals surface area (Å²) in [4.78, 5) is 0. The molecular formula is C15H19FN2. The lowest BCUT2D eigenvalue weighted by atomic mass is 10.1. The molecule has 0 bridgehead atoms. The number of aromatic nitrogens is 1. The zero-order valence-corrected chi connectivity index (χ0v) is 10.9. The van der Waals surface area contributed by atoms with Gasteiger partial charge in [-0.2, -0.15) is 0 Å². The van der Waals surface area contributed by atoms with Crippen LogP contribution in [0, 0.1) is 12.7 Å². The molecule has 1 heterocycles. The van der Waals surface area contributed by atoms with Crippen molar-refractivity contribution in [3.05, 3.63) is 59.2 Å². The van der Waals surface area contributed by atoms with Crippen molar-refractivity contribution in [2.75, 3.05) is 6.54 Å². The van der Waals surface area contributed by atoms with Crippen LogP contribution in [0.1, 0.15) is 23.6 Å². The zero-order chi connectivity index (χ0) is 13.0. The lowest BCUT2D eigenvalue weighted by molar-refractivity contribution is 0.624. The van der Waals surface area contributed by atoms with Gasteiger partial charge in [-0.15, -0.1) is 0 Å². The molecule has 2 nitrogen and oxygen atoms in total. The number of halogens is 1. The summed E-state index contributed by atoms with van der Waals surface area (Å²) in [7, 11) is 0. The van der Waals surface area contributed by atoms with Gasteiger partial charge < -0.3 is 9.88 Å². The van der Waals surface area contributed by atoms with Gasteiger partial charge in [-0.25, -0.2) is 4.39 Å². The summed E-state index contributed by atoms with van der Waals surface area (Å²) >= 11 is 0. The molecule has 18 heavy (non-hydrogen) atoms. The maximum Gasteiger partial charge on any atom is 0.123 e. The Kier molecular flexibility index (Phi) is 4.15. The van der Waals surface area contributed by atoms with E-state index < -0.39 is 0 Å². The first-order chi connectivity index (χ1) is 8.69. The van der Waals surface area contributed by atoms with Crippen LogP contribution in [0.5, 0.6) is 0 Å². The largest absolute Gasteiger partial charge is 0.350 e. The molecule has 0 aliphatic heterocycles. The van der Waals surface area contributed by atoms with Crippen LogP contribution in [0.15, 0.2) is 36.7 Å². The van der Waals surface area contributed by atoms with Crippen molar-refractivity contribution in [1.29, 1.82) is 0 Å². The Hall–Kier alpha value is -1.61. The van der Waals surface area contributed by atoms with Crippen LogP contribution in [0.25, 0.3) is 0 Å². The highest BCUT2D eigenvalue weighted by Gasteiger charge is 2.02. The first-order valence-corrected chi connectivity index (χ1v) is 6.29. The van der Waals surface area contributed by atoms with Gasteiger partial charge in [0.1, 0.15) is 5.82 Å². The third-order valence-electron chi connectivity index (χ3n) is 3.05. The molecule has 0 spiro atoms. The summed E-state index contributed by atoms with van der Waals surface area (Å²) in [6, 6.07) is 7.07. The van der Waals surface area contributed by atoms with Gasteiger partial charge in [0, 0.05) is 25.5 Å². The molecule has 3 heteroatoms. The van der Waals surface area contributed by atoms with E-state index in [1.165, 1.54) is 11.6 Å². The highest BCUT2D eigenvalue weighted by Crippen LogP contribution is 2.12. The van der Waals surface area contributed by atoms with E-state index in [1.807, 2.05) is 13.0 Å². The average molecular weight is 246 g/mol. The summed E-state index contributed by atoms with van der Waals surface area (Å²) in [5, 5.41) is 3.30. The lowest BCUT2D eigenvalue weighted by Gasteiger charge is -2.07. The standard InChI is InChI=1S/C15H19FN2/c1-3-17-9-13-6-7-18(10-13)11-14-4-5-15(16)8-12(14)2/h4-8,10,17H,3,9,11H2,1-2H3. The Morgan fingerprint density at radius 1 is 1.28 bits per heavy atom. The number of hydrogen-bond acceptors (Lipinski definition) is 1. The number of nitrogens with zero attached hydrogens (tertiary/aromatic N) is 1. The fourth-order valence-corrected chi connectivity index (χ4v) is 2.00. The topological polar surface area (TPSA) is 17.0 Å². The number of aryl methyl sites for hydroxylation is 1. The minimum Gasteiger partial charge on any atom is -0.350 e. The summed E-state index contributed by atoms with van der Waals surface area (Å²) in [6.45, 7) is 6.70. The predicted octanol–water partition coefficient (Wildman–Crippen LogP) is 3.09. The lowest BCUT2D eigenvalue weighted by Crippen LogP contribution is -2.11. The molecule has 2 aromatic rings. The van der Waals surface area contributed by atoms with E-state index in [0.717, 1.165) is 30.8 Å². The molecule has 0 unspecified atom stereocenters. The fraction of sp³-hybridized carbons (Fsp3) is 0.333. The van der Waals surface area contributed by atoms with Crippen LogP contribution in [-0.2, 0) is 13.1 Å². The third kappa shape index (κ3) is 3.20. The molecule has 0 saturated heterocycles. The van der Waals surface area contributed by atoms with Crippen LogP contribution in [0.4, 0.5) is 4.39 Å². The highest BCUT2D eigenvalue weighted by atomic mass is 19.1. The van der Waals surface area contributed by atoms with Gasteiger partial charge in [0.15, 0.2) is 0 Å². The van der Waals surface area contributed by atoms with E-state index in [4.69, 9.17) is 0 Å². The molecule has 0 fully saturated rings. The van der Waals surface area contributed by atoms with Crippen molar-refractivity contribution in [3.63, 3.8) is 0 Å². The summed E-state index contributed by atoms with van der Waals surface area (Å²) in [5.74, 6) is -0.170. The molecule has 1 aromatic carbocycles. The molecule has 0 amide bonds. The summed E-state index contributed by atoms with van der Waals surface area (Å²) < 4.78 is 15.1. The Balaban J connectivity index is 2.06. The molecule has 0 aliphatic rings. The van der Waals surface area contributed by atoms with Gasteiger partial charge >= 0.3 is 0 Å². The maximum atomic E-state index is 13.0. The second-order valence-electron chi connectivity index (χ2n) is 4.54. The fourth-order valence-electron chi connectivity index (χ4n) is 2.00. The first kappa shape index (κ1) is 12.8. The number of benzene rings is 1. The SMILES string of the molecule is CCNCc1ccn(Cc2ccc(F)cc2C)c1. The van der Waals surface area contributed by atoms with Gasteiger partial charge in [-0.1, -0.05) is 13.0 Å². The second kappa shape index (κ2) is 5.83. The number of hydrogen-bond donors (Lipinski definition) is 1. The average Bonchev–Trinajstić information content (AvgIpc) is 2.78. The number of rotatable bonds is 5. The molecule has 2 rings (SSSR count). The van der Waals surface area contributed by atoms with Crippen molar-refractivity contribution >= 4 is 0 Å². The van der Waals surface area contributed by atoms with Crippen molar-refractivity contribution in [3.8, 4) is 0 Å². The van der Waals surface area contributed by atoms with Gasteiger partial charge in [0.05, 0.1) is 0 Å². The van der Waals surface area contributed by atoms with Crippen LogP contribution < -0.4 is 5.32 Å². The minimum atomic E-state index is -0.170. The van der Waals surface area contributed by atoms with Crippen molar-refractivity contribution in [1.82, 2.24) is 9.88 Å². The van der Waals surface area contributed by atoms with Crippen LogP contribution in [0.3, 0.4) is 0 Å². The smallest absolute Gasteiger partial charge is 0.123 e. The Labute approximate surface area is 107 Å². The van der Waals surface area contributed by atoms with Gasteiger partial charge in [-0.3, -0.25) is 0 Å². The van der Waals surface area contributed by atoms with E-state index in [0.29, 0.717) is 0 Å². The van der Waals surface area contributed by atoms with Gasteiger partial charge in [0.2, 0.25) is 0 Å². The maximum absolute atomic E-state index is 13.0. The van der Waals surface area contributed by atoms with Crippen LogP contribution in [-0.4, -0.2) is 11.1 Å². The van der Waals surface area contributed by atoms with Gasteiger partial charge in [-0.05, 0) is 48.4 Å². The Bertz CT molecular complexity index is 517. The monoisotopic (exact) mass is 246 g/mol. The van der Waals surface area contributed by atoms with E-state index in [1.54, 1.807) is 6.07 Å².